The molecular formula is C15H19FO2. The monoisotopic (exact) mass is 250 g/mol. The van der Waals surface area contributed by atoms with Crippen LogP contribution in [0.15, 0.2) is 18.2 Å². The molecular weight excluding hydrogens is 231 g/mol. The Morgan fingerprint density at radius 1 is 1.33 bits per heavy atom. The Morgan fingerprint density at radius 2 is 2.06 bits per heavy atom. The van der Waals surface area contributed by atoms with Gasteiger partial charge in [-0.2, -0.15) is 0 Å². The van der Waals surface area contributed by atoms with Crippen LogP contribution in [0.25, 0.3) is 0 Å². The Morgan fingerprint density at radius 3 is 2.72 bits per heavy atom. The van der Waals surface area contributed by atoms with Gasteiger partial charge in [0, 0.05) is 6.42 Å². The van der Waals surface area contributed by atoms with Crippen LogP contribution in [-0.4, -0.2) is 18.3 Å². The van der Waals surface area contributed by atoms with Crippen LogP contribution in [0.4, 0.5) is 4.39 Å². The average Bonchev–Trinajstić information content (AvgIpc) is 2.98. The topological polar surface area (TPSA) is 29.5 Å². The van der Waals surface area contributed by atoms with E-state index in [0.29, 0.717) is 17.9 Å². The first-order chi connectivity index (χ1) is 8.69. The van der Waals surface area contributed by atoms with Gasteiger partial charge in [0.25, 0.3) is 0 Å². The molecule has 0 aromatic heterocycles. The fraction of sp³-hybridized carbons (Fsp3) is 0.600. The SMILES string of the molecule is COc1cccc(CC(O)C2CC3CC3C2)c1F. The molecule has 3 unspecified atom stereocenters. The number of halogens is 1. The Bertz CT molecular complexity index is 436. The third-order valence-corrected chi connectivity index (χ3v) is 4.52. The summed E-state index contributed by atoms with van der Waals surface area (Å²) >= 11 is 0. The van der Waals surface area contributed by atoms with Crippen LogP contribution in [0.2, 0.25) is 0 Å². The summed E-state index contributed by atoms with van der Waals surface area (Å²) < 4.78 is 18.9. The molecule has 0 amide bonds. The standard InChI is InChI=1S/C15H19FO2/c1-18-14-4-2-3-9(15(14)16)8-13(17)12-6-10-5-11(10)7-12/h2-4,10-13,17H,5-8H2,1H3. The lowest BCUT2D eigenvalue weighted by Gasteiger charge is -2.20. The van der Waals surface area contributed by atoms with Crippen LogP contribution in [0.5, 0.6) is 5.75 Å². The summed E-state index contributed by atoms with van der Waals surface area (Å²) in [6.07, 6.45) is 3.57. The molecule has 18 heavy (non-hydrogen) atoms. The van der Waals surface area contributed by atoms with E-state index in [1.165, 1.54) is 13.5 Å². The second-order valence-electron chi connectivity index (χ2n) is 5.69. The molecule has 98 valence electrons. The molecule has 3 rings (SSSR count). The molecule has 0 aliphatic heterocycles. The van der Waals surface area contributed by atoms with Gasteiger partial charge in [0.15, 0.2) is 11.6 Å². The number of aliphatic hydroxyl groups excluding tert-OH is 1. The van der Waals surface area contributed by atoms with Gasteiger partial charge in [0.05, 0.1) is 13.2 Å². The van der Waals surface area contributed by atoms with Crippen molar-refractivity contribution in [3.8, 4) is 5.75 Å². The first-order valence-electron chi connectivity index (χ1n) is 6.68. The number of ether oxygens (including phenoxy) is 1. The number of benzene rings is 1. The van der Waals surface area contributed by atoms with Gasteiger partial charge in [0.1, 0.15) is 0 Å². The van der Waals surface area contributed by atoms with Crippen molar-refractivity contribution >= 4 is 0 Å². The highest BCUT2D eigenvalue weighted by Crippen LogP contribution is 2.55. The maximum Gasteiger partial charge on any atom is 0.168 e. The molecule has 2 saturated carbocycles. The molecule has 2 nitrogen and oxygen atoms in total. The van der Waals surface area contributed by atoms with E-state index in [4.69, 9.17) is 4.74 Å². The summed E-state index contributed by atoms with van der Waals surface area (Å²) in [5.74, 6) is 1.98. The van der Waals surface area contributed by atoms with Crippen molar-refractivity contribution in [3.05, 3.63) is 29.6 Å². The lowest BCUT2D eigenvalue weighted by atomic mass is 9.92. The lowest BCUT2D eigenvalue weighted by Crippen LogP contribution is -2.22. The maximum atomic E-state index is 14.0. The quantitative estimate of drug-likeness (QED) is 0.890. The van der Waals surface area contributed by atoms with Crippen LogP contribution in [0.1, 0.15) is 24.8 Å². The second kappa shape index (κ2) is 4.54. The van der Waals surface area contributed by atoms with E-state index in [-0.39, 0.29) is 11.6 Å². The number of methoxy groups -OCH3 is 1. The van der Waals surface area contributed by atoms with Crippen LogP contribution < -0.4 is 4.74 Å². The Hall–Kier alpha value is -1.09. The van der Waals surface area contributed by atoms with E-state index in [1.807, 2.05) is 0 Å². The van der Waals surface area contributed by atoms with Gasteiger partial charge >= 0.3 is 0 Å². The molecule has 3 heteroatoms. The molecule has 2 aliphatic carbocycles. The van der Waals surface area contributed by atoms with Gasteiger partial charge in [-0.25, -0.2) is 4.39 Å². The zero-order chi connectivity index (χ0) is 12.7. The lowest BCUT2D eigenvalue weighted by molar-refractivity contribution is 0.103. The smallest absolute Gasteiger partial charge is 0.168 e. The van der Waals surface area contributed by atoms with Crippen molar-refractivity contribution in [2.24, 2.45) is 17.8 Å². The maximum absolute atomic E-state index is 14.0. The van der Waals surface area contributed by atoms with E-state index in [2.05, 4.69) is 0 Å². The van der Waals surface area contributed by atoms with Crippen molar-refractivity contribution in [1.29, 1.82) is 0 Å². The molecule has 0 spiro atoms. The summed E-state index contributed by atoms with van der Waals surface area (Å²) in [7, 11) is 1.46. The number of fused-ring (bicyclic) bond motifs is 1. The molecule has 0 bridgehead atoms. The summed E-state index contributed by atoms with van der Waals surface area (Å²) in [4.78, 5) is 0. The predicted molar refractivity (Wildman–Crippen MR) is 67.0 cm³/mol. The third-order valence-electron chi connectivity index (χ3n) is 4.52. The zero-order valence-electron chi connectivity index (χ0n) is 10.6. The molecule has 1 aromatic rings. The Labute approximate surface area is 107 Å². The number of hydrogen-bond donors (Lipinski definition) is 1. The highest BCUT2D eigenvalue weighted by Gasteiger charge is 2.47. The van der Waals surface area contributed by atoms with Crippen molar-refractivity contribution < 1.29 is 14.2 Å². The van der Waals surface area contributed by atoms with E-state index < -0.39 is 6.10 Å². The molecule has 3 atom stereocenters. The highest BCUT2D eigenvalue weighted by molar-refractivity contribution is 5.31. The van der Waals surface area contributed by atoms with Crippen LogP contribution in [0, 0.1) is 23.6 Å². The van der Waals surface area contributed by atoms with Gasteiger partial charge in [-0.15, -0.1) is 0 Å². The molecule has 1 aromatic carbocycles. The van der Waals surface area contributed by atoms with Gasteiger partial charge in [-0.1, -0.05) is 12.1 Å². The van der Waals surface area contributed by atoms with Gasteiger partial charge in [-0.3, -0.25) is 0 Å². The van der Waals surface area contributed by atoms with Gasteiger partial charge < -0.3 is 9.84 Å². The Balaban J connectivity index is 1.68. The minimum Gasteiger partial charge on any atom is -0.494 e. The Kier molecular flexibility index (Phi) is 3.02. The number of rotatable bonds is 4. The summed E-state index contributed by atoms with van der Waals surface area (Å²) in [5.41, 5.74) is 0.558. The van der Waals surface area contributed by atoms with E-state index >= 15 is 0 Å². The van der Waals surface area contributed by atoms with Crippen molar-refractivity contribution in [2.45, 2.75) is 31.8 Å². The number of hydrogen-bond acceptors (Lipinski definition) is 2. The van der Waals surface area contributed by atoms with Crippen molar-refractivity contribution in [1.82, 2.24) is 0 Å². The van der Waals surface area contributed by atoms with Crippen molar-refractivity contribution in [2.75, 3.05) is 7.11 Å². The fourth-order valence-electron chi connectivity index (χ4n) is 3.34. The number of aliphatic hydroxyl groups is 1. The fourth-order valence-corrected chi connectivity index (χ4v) is 3.34. The first kappa shape index (κ1) is 12.0. The largest absolute Gasteiger partial charge is 0.494 e. The molecule has 0 saturated heterocycles. The second-order valence-corrected chi connectivity index (χ2v) is 5.69. The van der Waals surface area contributed by atoms with Crippen LogP contribution in [-0.2, 0) is 6.42 Å². The molecule has 1 N–H and O–H groups in total. The van der Waals surface area contributed by atoms with E-state index in [0.717, 1.165) is 24.7 Å². The van der Waals surface area contributed by atoms with Crippen LogP contribution in [0.3, 0.4) is 0 Å². The predicted octanol–water partition coefficient (Wildman–Crippen LogP) is 2.78. The van der Waals surface area contributed by atoms with E-state index in [9.17, 15) is 9.50 Å². The molecule has 2 aliphatic rings. The van der Waals surface area contributed by atoms with Crippen LogP contribution >= 0.6 is 0 Å². The van der Waals surface area contributed by atoms with Gasteiger partial charge in [-0.05, 0) is 48.6 Å². The highest BCUT2D eigenvalue weighted by atomic mass is 19.1. The summed E-state index contributed by atoms with van der Waals surface area (Å²) in [6.45, 7) is 0. The van der Waals surface area contributed by atoms with Crippen molar-refractivity contribution in [3.63, 3.8) is 0 Å². The molecule has 0 radical (unpaired) electrons. The summed E-state index contributed by atoms with van der Waals surface area (Å²) in [5, 5.41) is 10.2. The third kappa shape index (κ3) is 2.12. The first-order valence-corrected chi connectivity index (χ1v) is 6.68. The van der Waals surface area contributed by atoms with E-state index in [1.54, 1.807) is 18.2 Å². The zero-order valence-corrected chi connectivity index (χ0v) is 10.6. The minimum absolute atomic E-state index is 0.258. The molecule has 2 fully saturated rings. The minimum atomic E-state index is -0.417. The normalized spacial score (nSPS) is 30.9. The summed E-state index contributed by atoms with van der Waals surface area (Å²) in [6, 6.07) is 5.11. The molecule has 0 heterocycles. The van der Waals surface area contributed by atoms with Gasteiger partial charge in [0.2, 0.25) is 0 Å². The average molecular weight is 250 g/mol.